The molecule has 0 spiro atoms. The van der Waals surface area contributed by atoms with Gasteiger partial charge < -0.3 is 24.6 Å². The van der Waals surface area contributed by atoms with Crippen LogP contribution in [0.2, 0.25) is 0 Å². The van der Waals surface area contributed by atoms with Crippen LogP contribution in [0.1, 0.15) is 64.1 Å². The van der Waals surface area contributed by atoms with Crippen molar-refractivity contribution < 1.29 is 23.8 Å². The van der Waals surface area contributed by atoms with Gasteiger partial charge in [-0.2, -0.15) is 0 Å². The average molecular weight is 500 g/mol. The van der Waals surface area contributed by atoms with Crippen LogP contribution in [0.25, 0.3) is 17.0 Å². The number of aromatic nitrogens is 1. The molecule has 2 aliphatic rings. The summed E-state index contributed by atoms with van der Waals surface area (Å²) in [5.74, 6) is -1.46. The van der Waals surface area contributed by atoms with Crippen LogP contribution in [0, 0.1) is 18.7 Å². The summed E-state index contributed by atoms with van der Waals surface area (Å²) in [6.45, 7) is 10.3. The van der Waals surface area contributed by atoms with Crippen molar-refractivity contribution >= 4 is 34.7 Å². The van der Waals surface area contributed by atoms with E-state index in [0.29, 0.717) is 40.8 Å². The van der Waals surface area contributed by atoms with Crippen molar-refractivity contribution in [2.75, 3.05) is 18.0 Å². The van der Waals surface area contributed by atoms with Gasteiger partial charge >= 0.3 is 12.1 Å². The number of benzene rings is 1. The fourth-order valence-corrected chi connectivity index (χ4v) is 5.07. The van der Waals surface area contributed by atoms with Crippen LogP contribution in [0.5, 0.6) is 0 Å². The zero-order chi connectivity index (χ0) is 26.4. The number of hydrogen-bond donors (Lipinski definition) is 2. The van der Waals surface area contributed by atoms with Crippen molar-refractivity contribution in [3.8, 4) is 0 Å². The standard InChI is InChI=1S/C27H34FN3O5/c1-15-24-20(17(6-9-23(33)34)12-22(32)31(24)19-7-8-19)13-21(28)25(15)30-11-10-18(14-30)16(2)29-26(35)36-27(3,4)5/h6,9,12-13,16,18-19H,7-8,10-11,14H2,1-5H3,(H,29,35)(H,33,34)/b9-6+/t16-,18+/m0/s1. The smallest absolute Gasteiger partial charge is 0.407 e. The Hall–Kier alpha value is -3.36. The first-order valence-corrected chi connectivity index (χ1v) is 12.4. The molecule has 2 atom stereocenters. The van der Waals surface area contributed by atoms with Crippen LogP contribution >= 0.6 is 0 Å². The Morgan fingerprint density at radius 3 is 2.56 bits per heavy atom. The number of nitrogens with one attached hydrogen (secondary N) is 1. The molecular weight excluding hydrogens is 465 g/mol. The Morgan fingerprint density at radius 1 is 1.25 bits per heavy atom. The van der Waals surface area contributed by atoms with Crippen molar-refractivity contribution in [1.29, 1.82) is 0 Å². The Balaban J connectivity index is 1.68. The van der Waals surface area contributed by atoms with Crippen LogP contribution in [0.4, 0.5) is 14.9 Å². The largest absolute Gasteiger partial charge is 0.478 e. The van der Waals surface area contributed by atoms with Crippen LogP contribution in [-0.2, 0) is 9.53 Å². The molecule has 0 radical (unpaired) electrons. The zero-order valence-corrected chi connectivity index (χ0v) is 21.4. The van der Waals surface area contributed by atoms with E-state index in [1.807, 2.05) is 39.5 Å². The second kappa shape index (κ2) is 9.59. The van der Waals surface area contributed by atoms with Crippen LogP contribution < -0.4 is 15.8 Å². The molecule has 1 aromatic carbocycles. The maximum Gasteiger partial charge on any atom is 0.407 e. The summed E-state index contributed by atoms with van der Waals surface area (Å²) in [7, 11) is 0. The molecule has 1 saturated carbocycles. The lowest BCUT2D eigenvalue weighted by atomic mass is 10.0. The summed E-state index contributed by atoms with van der Waals surface area (Å²) in [4.78, 5) is 38.3. The summed E-state index contributed by atoms with van der Waals surface area (Å²) in [6, 6.07) is 2.70. The van der Waals surface area contributed by atoms with Gasteiger partial charge in [0.1, 0.15) is 11.4 Å². The van der Waals surface area contributed by atoms with E-state index >= 15 is 4.39 Å². The second-order valence-electron chi connectivity index (χ2n) is 10.9. The number of ether oxygens (including phenoxy) is 1. The maximum atomic E-state index is 15.6. The first-order chi connectivity index (χ1) is 16.9. The van der Waals surface area contributed by atoms with E-state index in [1.165, 1.54) is 18.2 Å². The van der Waals surface area contributed by atoms with Crippen molar-refractivity contribution in [2.24, 2.45) is 5.92 Å². The number of fused-ring (bicyclic) bond motifs is 1. The highest BCUT2D eigenvalue weighted by Gasteiger charge is 2.33. The number of carboxylic acids is 1. The van der Waals surface area contributed by atoms with Crippen molar-refractivity contribution in [3.63, 3.8) is 0 Å². The molecule has 1 aliphatic heterocycles. The van der Waals surface area contributed by atoms with Crippen molar-refractivity contribution in [3.05, 3.63) is 45.5 Å². The second-order valence-corrected chi connectivity index (χ2v) is 10.9. The molecule has 1 aliphatic carbocycles. The maximum absolute atomic E-state index is 15.6. The monoisotopic (exact) mass is 499 g/mol. The summed E-state index contributed by atoms with van der Waals surface area (Å²) in [5, 5.41) is 12.5. The predicted octanol–water partition coefficient (Wildman–Crippen LogP) is 4.62. The van der Waals surface area contributed by atoms with Gasteiger partial charge in [0.15, 0.2) is 0 Å². The van der Waals surface area contributed by atoms with Gasteiger partial charge in [-0.25, -0.2) is 14.0 Å². The fraction of sp³-hybridized carbons (Fsp3) is 0.519. The van der Waals surface area contributed by atoms with Gasteiger partial charge in [0.05, 0.1) is 11.2 Å². The summed E-state index contributed by atoms with van der Waals surface area (Å²) < 4.78 is 22.7. The number of hydrogen-bond acceptors (Lipinski definition) is 5. The number of anilines is 1. The molecule has 0 unspecified atom stereocenters. The fourth-order valence-electron chi connectivity index (χ4n) is 5.07. The Kier molecular flexibility index (Phi) is 6.86. The quantitative estimate of drug-likeness (QED) is 0.563. The minimum Gasteiger partial charge on any atom is -0.478 e. The molecule has 8 nitrogen and oxygen atoms in total. The third kappa shape index (κ3) is 5.39. The third-order valence-electron chi connectivity index (χ3n) is 6.84. The van der Waals surface area contributed by atoms with Crippen molar-refractivity contribution in [1.82, 2.24) is 9.88 Å². The van der Waals surface area contributed by atoms with Crippen LogP contribution in [0.3, 0.4) is 0 Å². The molecular formula is C27H34FN3O5. The van der Waals surface area contributed by atoms with Gasteiger partial charge in [0, 0.05) is 42.7 Å². The van der Waals surface area contributed by atoms with Gasteiger partial charge in [0.25, 0.3) is 5.56 Å². The summed E-state index contributed by atoms with van der Waals surface area (Å²) in [6.07, 6.45) is 4.36. The zero-order valence-electron chi connectivity index (χ0n) is 21.4. The number of aliphatic carboxylic acids is 1. The SMILES string of the molecule is Cc1c(N2CC[C@@H]([C@H](C)NC(=O)OC(C)(C)C)C2)c(F)cc2c(/C=C/C(=O)O)cc(=O)n(C3CC3)c12. The lowest BCUT2D eigenvalue weighted by molar-refractivity contribution is -0.131. The number of carboxylic acid groups (broad SMARTS) is 1. The minimum atomic E-state index is -1.14. The highest BCUT2D eigenvalue weighted by molar-refractivity contribution is 5.96. The molecule has 1 saturated heterocycles. The van der Waals surface area contributed by atoms with Gasteiger partial charge in [0.2, 0.25) is 0 Å². The highest BCUT2D eigenvalue weighted by atomic mass is 19.1. The minimum absolute atomic E-state index is 0.0684. The number of carbonyl (C=O) groups excluding carboxylic acids is 1. The number of alkyl carbamates (subject to hydrolysis) is 1. The summed E-state index contributed by atoms with van der Waals surface area (Å²) >= 11 is 0. The number of amides is 1. The lowest BCUT2D eigenvalue weighted by Crippen LogP contribution is -2.42. The number of nitrogens with zero attached hydrogens (tertiary/aromatic N) is 2. The number of rotatable bonds is 6. The number of pyridine rings is 1. The van der Waals surface area contributed by atoms with E-state index in [1.54, 1.807) is 4.57 Å². The number of carbonyl (C=O) groups is 2. The molecule has 2 heterocycles. The van der Waals surface area contributed by atoms with Gasteiger partial charge in [-0.1, -0.05) is 0 Å². The molecule has 2 fully saturated rings. The molecule has 0 bridgehead atoms. The first-order valence-electron chi connectivity index (χ1n) is 12.4. The Bertz CT molecular complexity index is 1290. The van der Waals surface area contributed by atoms with E-state index in [9.17, 15) is 14.4 Å². The van der Waals surface area contributed by atoms with E-state index in [-0.39, 0.29) is 23.6 Å². The Labute approximate surface area is 209 Å². The summed E-state index contributed by atoms with van der Waals surface area (Å²) in [5.41, 5.74) is 1.33. The molecule has 1 amide bonds. The highest BCUT2D eigenvalue weighted by Crippen LogP contribution is 2.41. The Morgan fingerprint density at radius 2 is 1.94 bits per heavy atom. The molecule has 4 rings (SSSR count). The molecule has 1 aromatic heterocycles. The van der Waals surface area contributed by atoms with E-state index in [0.717, 1.165) is 25.3 Å². The van der Waals surface area contributed by atoms with Crippen molar-refractivity contribution in [2.45, 2.75) is 71.6 Å². The normalized spacial score (nSPS) is 19.2. The third-order valence-corrected chi connectivity index (χ3v) is 6.84. The molecule has 2 N–H and O–H groups in total. The van der Waals surface area contributed by atoms with Gasteiger partial charge in [-0.3, -0.25) is 4.79 Å². The van der Waals surface area contributed by atoms with E-state index < -0.39 is 23.5 Å². The van der Waals surface area contributed by atoms with E-state index in [4.69, 9.17) is 9.84 Å². The number of halogens is 1. The lowest BCUT2D eigenvalue weighted by Gasteiger charge is -2.27. The molecule has 36 heavy (non-hydrogen) atoms. The molecule has 2 aromatic rings. The first kappa shape index (κ1) is 25.7. The van der Waals surface area contributed by atoms with Crippen LogP contribution in [-0.4, -0.2) is 46.5 Å². The van der Waals surface area contributed by atoms with Crippen LogP contribution in [0.15, 0.2) is 23.0 Å². The predicted molar refractivity (Wildman–Crippen MR) is 137 cm³/mol. The van der Waals surface area contributed by atoms with E-state index in [2.05, 4.69) is 5.32 Å². The average Bonchev–Trinajstić information content (AvgIpc) is 3.47. The van der Waals surface area contributed by atoms with Gasteiger partial charge in [-0.15, -0.1) is 0 Å². The van der Waals surface area contributed by atoms with Gasteiger partial charge in [-0.05, 0) is 83.1 Å². The molecule has 9 heteroatoms. The topological polar surface area (TPSA) is 101 Å². The number of aryl methyl sites for hydroxylation is 1. The molecule has 194 valence electrons.